The number of β-amino-alcohol motifs (C(OH)–C–C–N with tert-alkyl or cyclic N) is 1. The van der Waals surface area contributed by atoms with Crippen molar-refractivity contribution in [3.05, 3.63) is 82.1 Å². The van der Waals surface area contributed by atoms with Gasteiger partial charge in [-0.05, 0) is 75.6 Å². The zero-order chi connectivity index (χ0) is 35.2. The number of carbonyl (C=O) groups is 2. The molecule has 260 valence electrons. The second-order valence-electron chi connectivity index (χ2n) is 13.7. The van der Waals surface area contributed by atoms with Gasteiger partial charge in [-0.15, -0.1) is 22.7 Å². The van der Waals surface area contributed by atoms with Crippen molar-refractivity contribution in [1.29, 1.82) is 0 Å². The number of nitrogens with one attached hydrogen (secondary N) is 3. The number of thiazole rings is 2. The number of rotatable bonds is 6. The SMILES string of the molecule is Cc1ncsc1-c1ccc([C@]2(C)N=C(C3CC[C@H](O)C3)NC2=O)cc1.Cc1ncsc1-c1ccc([C@]2(C)N=C(C3C[C@@H](O)CN3)NC2=O)cc1. The van der Waals surface area contributed by atoms with E-state index < -0.39 is 17.2 Å². The highest BCUT2D eigenvalue weighted by Crippen LogP contribution is 2.37. The normalized spacial score (nSPS) is 28.9. The van der Waals surface area contributed by atoms with Crippen LogP contribution in [0.2, 0.25) is 0 Å². The van der Waals surface area contributed by atoms with Crippen molar-refractivity contribution in [2.45, 2.75) is 82.7 Å². The zero-order valence-electron chi connectivity index (χ0n) is 28.4. The van der Waals surface area contributed by atoms with Crippen molar-refractivity contribution in [2.75, 3.05) is 6.54 Å². The van der Waals surface area contributed by atoms with Crippen LogP contribution < -0.4 is 16.0 Å². The molecule has 3 aliphatic heterocycles. The number of nitrogens with zero attached hydrogens (tertiary/aromatic N) is 4. The molecule has 5 heterocycles. The number of hydrogen-bond donors (Lipinski definition) is 5. The number of amides is 2. The van der Waals surface area contributed by atoms with Crippen LogP contribution in [0.1, 0.15) is 62.0 Å². The minimum absolute atomic E-state index is 0.0920. The molecule has 11 nitrogen and oxygen atoms in total. The smallest absolute Gasteiger partial charge is 0.257 e. The van der Waals surface area contributed by atoms with Gasteiger partial charge in [0, 0.05) is 12.5 Å². The number of amidine groups is 2. The Morgan fingerprint density at radius 2 is 1.20 bits per heavy atom. The molecule has 8 rings (SSSR count). The molecule has 5 N–H and O–H groups in total. The predicted molar refractivity (Wildman–Crippen MR) is 196 cm³/mol. The van der Waals surface area contributed by atoms with E-state index in [-0.39, 0.29) is 29.9 Å². The molecule has 50 heavy (non-hydrogen) atoms. The molecule has 1 saturated heterocycles. The molecule has 1 aliphatic carbocycles. The van der Waals surface area contributed by atoms with E-state index in [1.165, 1.54) is 0 Å². The van der Waals surface area contributed by atoms with Gasteiger partial charge in [0.25, 0.3) is 11.8 Å². The Labute approximate surface area is 299 Å². The minimum atomic E-state index is -0.939. The standard InChI is InChI=1S/C19H21N3O2S.C18H20N4O2S/c1-11-16(25-10-20-11)12-3-6-14(7-4-12)19(2)18(24)21-17(22-19)13-5-8-15(23)9-13;1-10-15(25-9-20-10)11-3-5-12(6-4-11)18(2)17(24)21-16(22-18)14-7-13(23)8-19-14/h3-4,6-7,10,13,15,23H,5,8-9H2,1-2H3,(H,21,22,24);3-6,9,13-14,19,23H,7-8H2,1-2H3,(H,21,22,24)/t13?,15-,19-;13-,14?,18+/m01/s1. The van der Waals surface area contributed by atoms with Gasteiger partial charge in [-0.25, -0.2) is 15.0 Å². The molecular weight excluding hydrogens is 671 g/mol. The Hall–Kier alpha value is -4.14. The first-order valence-electron chi connectivity index (χ1n) is 16.9. The average Bonchev–Trinajstić information content (AvgIpc) is 3.97. The molecule has 2 aromatic heterocycles. The Morgan fingerprint density at radius 1 is 0.700 bits per heavy atom. The number of aliphatic hydroxyl groups excluding tert-OH is 2. The lowest BCUT2D eigenvalue weighted by Crippen LogP contribution is -2.41. The van der Waals surface area contributed by atoms with Gasteiger partial charge in [0.15, 0.2) is 11.1 Å². The van der Waals surface area contributed by atoms with Crippen molar-refractivity contribution < 1.29 is 19.8 Å². The second-order valence-corrected chi connectivity index (χ2v) is 15.5. The van der Waals surface area contributed by atoms with E-state index in [9.17, 15) is 19.8 Å². The van der Waals surface area contributed by atoms with Crippen LogP contribution >= 0.6 is 22.7 Å². The van der Waals surface area contributed by atoms with Crippen LogP contribution in [0, 0.1) is 19.8 Å². The molecule has 2 unspecified atom stereocenters. The van der Waals surface area contributed by atoms with Gasteiger partial charge in [0.1, 0.15) is 11.7 Å². The van der Waals surface area contributed by atoms with Crippen LogP contribution in [0.5, 0.6) is 0 Å². The highest BCUT2D eigenvalue weighted by Gasteiger charge is 2.45. The fraction of sp³-hybridized carbons (Fsp3) is 0.405. The van der Waals surface area contributed by atoms with Crippen LogP contribution in [0.3, 0.4) is 0 Å². The van der Waals surface area contributed by atoms with Crippen molar-refractivity contribution >= 4 is 46.2 Å². The Kier molecular flexibility index (Phi) is 9.29. The van der Waals surface area contributed by atoms with Crippen molar-refractivity contribution in [3.63, 3.8) is 0 Å². The predicted octanol–water partition coefficient (Wildman–Crippen LogP) is 4.61. The molecule has 4 aliphatic rings. The van der Waals surface area contributed by atoms with Gasteiger partial charge in [-0.3, -0.25) is 14.6 Å². The number of aliphatic hydroxyl groups is 2. The maximum atomic E-state index is 12.6. The first kappa shape index (κ1) is 34.3. The van der Waals surface area contributed by atoms with Crippen LogP contribution in [-0.2, 0) is 20.7 Å². The largest absolute Gasteiger partial charge is 0.393 e. The van der Waals surface area contributed by atoms with E-state index in [1.807, 2.05) is 87.2 Å². The number of hydrogen-bond acceptors (Lipinski definition) is 11. The van der Waals surface area contributed by atoms with Crippen LogP contribution in [0.25, 0.3) is 20.9 Å². The van der Waals surface area contributed by atoms with E-state index >= 15 is 0 Å². The van der Waals surface area contributed by atoms with Gasteiger partial charge >= 0.3 is 0 Å². The third kappa shape index (κ3) is 6.44. The van der Waals surface area contributed by atoms with Gasteiger partial charge < -0.3 is 26.2 Å². The Morgan fingerprint density at radius 3 is 1.62 bits per heavy atom. The summed E-state index contributed by atoms with van der Waals surface area (Å²) in [6, 6.07) is 15.9. The molecule has 1 saturated carbocycles. The maximum Gasteiger partial charge on any atom is 0.257 e. The summed E-state index contributed by atoms with van der Waals surface area (Å²) in [6.07, 6.45) is 2.23. The third-order valence-electron chi connectivity index (χ3n) is 10.2. The molecule has 13 heteroatoms. The molecule has 4 aromatic rings. The first-order chi connectivity index (χ1) is 23.9. The molecule has 6 atom stereocenters. The molecule has 2 fully saturated rings. The van der Waals surface area contributed by atoms with Crippen molar-refractivity contribution in [1.82, 2.24) is 25.9 Å². The van der Waals surface area contributed by atoms with Gasteiger partial charge in [-0.1, -0.05) is 48.5 Å². The van der Waals surface area contributed by atoms with E-state index in [0.29, 0.717) is 25.2 Å². The number of aromatic nitrogens is 2. The first-order valence-corrected chi connectivity index (χ1v) is 18.6. The van der Waals surface area contributed by atoms with Crippen LogP contribution in [0.15, 0.2) is 69.5 Å². The van der Waals surface area contributed by atoms with E-state index in [4.69, 9.17) is 4.99 Å². The lowest BCUT2D eigenvalue weighted by molar-refractivity contribution is -0.124. The lowest BCUT2D eigenvalue weighted by Gasteiger charge is -2.18. The van der Waals surface area contributed by atoms with E-state index in [2.05, 4.69) is 30.9 Å². The second kappa shape index (κ2) is 13.5. The lowest BCUT2D eigenvalue weighted by atomic mass is 9.91. The summed E-state index contributed by atoms with van der Waals surface area (Å²) < 4.78 is 0. The molecule has 2 amide bonds. The molecule has 0 radical (unpaired) electrons. The fourth-order valence-corrected chi connectivity index (χ4v) is 8.67. The average molecular weight is 712 g/mol. The zero-order valence-corrected chi connectivity index (χ0v) is 30.1. The third-order valence-corrected chi connectivity index (χ3v) is 12.1. The van der Waals surface area contributed by atoms with Crippen molar-refractivity contribution in [2.24, 2.45) is 15.9 Å². The summed E-state index contributed by atoms with van der Waals surface area (Å²) in [5, 5.41) is 28.5. The quantitative estimate of drug-likeness (QED) is 0.195. The van der Waals surface area contributed by atoms with Gasteiger partial charge in [-0.2, -0.15) is 0 Å². The maximum absolute atomic E-state index is 12.6. The van der Waals surface area contributed by atoms with Crippen LogP contribution in [0.4, 0.5) is 0 Å². The van der Waals surface area contributed by atoms with E-state index in [1.54, 1.807) is 22.7 Å². The topological polar surface area (TPSA) is 161 Å². The molecular formula is C37H41N7O4S2. The van der Waals surface area contributed by atoms with Gasteiger partial charge in [0.2, 0.25) is 0 Å². The summed E-state index contributed by atoms with van der Waals surface area (Å²) in [5.41, 5.74) is 7.80. The van der Waals surface area contributed by atoms with E-state index in [0.717, 1.165) is 62.1 Å². The highest BCUT2D eigenvalue weighted by molar-refractivity contribution is 7.13. The number of aliphatic imine (C=N–C) groups is 2. The molecule has 0 spiro atoms. The Bertz CT molecular complexity index is 1830. The minimum Gasteiger partial charge on any atom is -0.393 e. The summed E-state index contributed by atoms with van der Waals surface area (Å²) in [6.45, 7) is 8.20. The van der Waals surface area contributed by atoms with Crippen molar-refractivity contribution in [3.8, 4) is 20.9 Å². The number of aryl methyl sites for hydroxylation is 2. The summed E-state index contributed by atoms with van der Waals surface area (Å²) in [5.74, 6) is 1.27. The van der Waals surface area contributed by atoms with Crippen LogP contribution in [-0.4, -0.2) is 68.5 Å². The summed E-state index contributed by atoms with van der Waals surface area (Å²) in [7, 11) is 0. The summed E-state index contributed by atoms with van der Waals surface area (Å²) in [4.78, 5) is 45.5. The number of benzene rings is 2. The fourth-order valence-electron chi connectivity index (χ4n) is 7.05. The molecule has 0 bridgehead atoms. The number of carbonyl (C=O) groups excluding carboxylic acids is 2. The van der Waals surface area contributed by atoms with Gasteiger partial charge in [0.05, 0.1) is 50.4 Å². The highest BCUT2D eigenvalue weighted by atomic mass is 32.1. The Balaban J connectivity index is 0.000000157. The summed E-state index contributed by atoms with van der Waals surface area (Å²) >= 11 is 3.22. The molecule has 2 aromatic carbocycles. The monoisotopic (exact) mass is 711 g/mol.